The predicted octanol–water partition coefficient (Wildman–Crippen LogP) is 2.12. The van der Waals surface area contributed by atoms with Crippen molar-refractivity contribution in [3.8, 4) is 0 Å². The number of hydrogen-bond acceptors (Lipinski definition) is 7. The number of rotatable bonds is 7. The van der Waals surface area contributed by atoms with E-state index in [0.717, 1.165) is 30.7 Å². The van der Waals surface area contributed by atoms with E-state index in [9.17, 15) is 4.79 Å². The van der Waals surface area contributed by atoms with Crippen LogP contribution in [0.25, 0.3) is 0 Å². The summed E-state index contributed by atoms with van der Waals surface area (Å²) in [6.45, 7) is 2.11. The molecule has 1 aliphatic heterocycles. The Kier molecular flexibility index (Phi) is 5.95. The maximum atomic E-state index is 12.3. The molecule has 0 radical (unpaired) electrons. The van der Waals surface area contributed by atoms with Crippen LogP contribution in [0.4, 0.5) is 0 Å². The van der Waals surface area contributed by atoms with Crippen molar-refractivity contribution in [2.75, 3.05) is 20.2 Å². The molecule has 130 valence electrons. The molecule has 8 heteroatoms. The third-order valence-electron chi connectivity index (χ3n) is 4.04. The van der Waals surface area contributed by atoms with E-state index < -0.39 is 0 Å². The van der Waals surface area contributed by atoms with Crippen LogP contribution in [0, 0.1) is 0 Å². The summed E-state index contributed by atoms with van der Waals surface area (Å²) in [5.74, 6) is 1.14. The summed E-state index contributed by atoms with van der Waals surface area (Å²) in [4.78, 5) is 19.9. The molecule has 1 atom stereocenters. The van der Waals surface area contributed by atoms with Crippen LogP contribution >= 0.6 is 11.3 Å². The van der Waals surface area contributed by atoms with Gasteiger partial charge in [-0.1, -0.05) is 17.6 Å². The summed E-state index contributed by atoms with van der Waals surface area (Å²) in [6, 6.07) is 4.01. The molecule has 0 bridgehead atoms. The van der Waals surface area contributed by atoms with E-state index >= 15 is 0 Å². The van der Waals surface area contributed by atoms with E-state index in [1.165, 1.54) is 0 Å². The molecule has 1 fully saturated rings. The fourth-order valence-corrected chi connectivity index (χ4v) is 3.53. The number of ether oxygens (including phenoxy) is 1. The molecule has 0 saturated carbocycles. The summed E-state index contributed by atoms with van der Waals surface area (Å²) >= 11 is 1.64. The summed E-state index contributed by atoms with van der Waals surface area (Å²) in [7, 11) is 1.60. The fourth-order valence-electron chi connectivity index (χ4n) is 2.89. The highest BCUT2D eigenvalue weighted by molar-refractivity contribution is 7.09. The number of nitrogens with zero attached hydrogens (tertiary/aromatic N) is 3. The van der Waals surface area contributed by atoms with Gasteiger partial charge in [0.25, 0.3) is 0 Å². The molecule has 1 N–H and O–H groups in total. The minimum atomic E-state index is 0.00402. The molecule has 1 aliphatic rings. The molecule has 7 nitrogen and oxygen atoms in total. The van der Waals surface area contributed by atoms with Gasteiger partial charge in [0.1, 0.15) is 6.61 Å². The van der Waals surface area contributed by atoms with E-state index in [1.54, 1.807) is 18.4 Å². The average Bonchev–Trinajstić information content (AvgIpc) is 3.25. The van der Waals surface area contributed by atoms with Gasteiger partial charge in [-0.05, 0) is 30.8 Å². The highest BCUT2D eigenvalue weighted by Gasteiger charge is 2.30. The molecule has 0 unspecified atom stereocenters. The molecule has 24 heavy (non-hydrogen) atoms. The number of nitrogens with one attached hydrogen (secondary N) is 1. The van der Waals surface area contributed by atoms with Crippen LogP contribution < -0.4 is 5.32 Å². The first-order chi connectivity index (χ1) is 11.8. The molecular weight excluding hydrogens is 328 g/mol. The maximum absolute atomic E-state index is 12.3. The first-order valence-corrected chi connectivity index (χ1v) is 8.99. The van der Waals surface area contributed by atoms with Crippen molar-refractivity contribution in [2.24, 2.45) is 0 Å². The molecule has 0 spiro atoms. The highest BCUT2D eigenvalue weighted by Crippen LogP contribution is 2.29. The standard InChI is InChI=1S/C16H22N4O3S/c1-22-11-14-18-16(23-19-14)13-6-2-3-7-20(13)10-15(21)17-9-12-5-4-8-24-12/h4-5,8,13H,2-3,6-7,9-11H2,1H3,(H,17,21)/t13-/m0/s1. The van der Waals surface area contributed by atoms with E-state index in [-0.39, 0.29) is 11.9 Å². The second kappa shape index (κ2) is 8.36. The minimum absolute atomic E-state index is 0.00402. The molecule has 0 aromatic carbocycles. The number of hydrogen-bond donors (Lipinski definition) is 1. The Labute approximate surface area is 145 Å². The monoisotopic (exact) mass is 350 g/mol. The third-order valence-corrected chi connectivity index (χ3v) is 4.92. The van der Waals surface area contributed by atoms with Crippen LogP contribution in [-0.2, 0) is 22.7 Å². The van der Waals surface area contributed by atoms with E-state index in [0.29, 0.717) is 31.4 Å². The first-order valence-electron chi connectivity index (χ1n) is 8.11. The molecule has 0 aliphatic carbocycles. The Balaban J connectivity index is 1.58. The lowest BCUT2D eigenvalue weighted by Gasteiger charge is -2.32. The number of likely N-dealkylation sites (tertiary alicyclic amines) is 1. The number of methoxy groups -OCH3 is 1. The van der Waals surface area contributed by atoms with Crippen molar-refractivity contribution < 1.29 is 14.1 Å². The molecule has 1 amide bonds. The quantitative estimate of drug-likeness (QED) is 0.824. The van der Waals surface area contributed by atoms with Crippen molar-refractivity contribution in [3.05, 3.63) is 34.1 Å². The number of aromatic nitrogens is 2. The van der Waals surface area contributed by atoms with Gasteiger partial charge in [0.15, 0.2) is 5.82 Å². The largest absolute Gasteiger partial charge is 0.377 e. The molecule has 3 rings (SSSR count). The Morgan fingerprint density at radius 3 is 3.25 bits per heavy atom. The first kappa shape index (κ1) is 17.1. The number of carbonyl (C=O) groups excluding carboxylic acids is 1. The third kappa shape index (κ3) is 4.40. The van der Waals surface area contributed by atoms with Gasteiger partial charge in [0.2, 0.25) is 11.8 Å². The summed E-state index contributed by atoms with van der Waals surface area (Å²) in [5.41, 5.74) is 0. The Hall–Kier alpha value is -1.77. The van der Waals surface area contributed by atoms with E-state index in [1.807, 2.05) is 17.5 Å². The van der Waals surface area contributed by atoms with Crippen LogP contribution in [0.3, 0.4) is 0 Å². The zero-order valence-corrected chi connectivity index (χ0v) is 14.6. The van der Waals surface area contributed by atoms with Crippen molar-refractivity contribution in [1.29, 1.82) is 0 Å². The van der Waals surface area contributed by atoms with Crippen LogP contribution in [0.2, 0.25) is 0 Å². The fraction of sp³-hybridized carbons (Fsp3) is 0.562. The lowest BCUT2D eigenvalue weighted by Crippen LogP contribution is -2.41. The van der Waals surface area contributed by atoms with Crippen molar-refractivity contribution in [3.63, 3.8) is 0 Å². The summed E-state index contributed by atoms with van der Waals surface area (Å²) in [5, 5.41) is 8.91. The average molecular weight is 350 g/mol. The van der Waals surface area contributed by atoms with Crippen LogP contribution in [0.15, 0.2) is 22.0 Å². The smallest absolute Gasteiger partial charge is 0.244 e. The zero-order valence-electron chi connectivity index (χ0n) is 13.7. The van der Waals surface area contributed by atoms with Crippen LogP contribution in [-0.4, -0.2) is 41.1 Å². The molecule has 1 saturated heterocycles. The van der Waals surface area contributed by atoms with Crippen molar-refractivity contribution in [2.45, 2.75) is 38.5 Å². The topological polar surface area (TPSA) is 80.5 Å². The molecular formula is C16H22N4O3S. The summed E-state index contributed by atoms with van der Waals surface area (Å²) < 4.78 is 10.4. The second-order valence-electron chi connectivity index (χ2n) is 5.82. The summed E-state index contributed by atoms with van der Waals surface area (Å²) in [6.07, 6.45) is 3.10. The van der Waals surface area contributed by atoms with Gasteiger partial charge in [0, 0.05) is 12.0 Å². The lowest BCUT2D eigenvalue weighted by atomic mass is 10.0. The second-order valence-corrected chi connectivity index (χ2v) is 6.85. The molecule has 3 heterocycles. The van der Waals surface area contributed by atoms with Crippen LogP contribution in [0.5, 0.6) is 0 Å². The van der Waals surface area contributed by atoms with Crippen molar-refractivity contribution in [1.82, 2.24) is 20.4 Å². The minimum Gasteiger partial charge on any atom is -0.377 e. The number of thiophene rings is 1. The van der Waals surface area contributed by atoms with Crippen molar-refractivity contribution >= 4 is 17.2 Å². The van der Waals surface area contributed by atoms with Gasteiger partial charge in [0.05, 0.1) is 19.1 Å². The highest BCUT2D eigenvalue weighted by atomic mass is 32.1. The maximum Gasteiger partial charge on any atom is 0.244 e. The number of amides is 1. The van der Waals surface area contributed by atoms with E-state index in [4.69, 9.17) is 9.26 Å². The SMILES string of the molecule is COCc1noc([C@@H]2CCCCN2CC(=O)NCc2cccs2)n1. The van der Waals surface area contributed by atoms with Gasteiger partial charge in [-0.25, -0.2) is 0 Å². The van der Waals surface area contributed by atoms with Gasteiger partial charge in [-0.15, -0.1) is 11.3 Å². The normalized spacial score (nSPS) is 18.6. The number of carbonyl (C=O) groups is 1. The van der Waals surface area contributed by atoms with Gasteiger partial charge < -0.3 is 14.6 Å². The van der Waals surface area contributed by atoms with Gasteiger partial charge >= 0.3 is 0 Å². The zero-order chi connectivity index (χ0) is 16.8. The predicted molar refractivity (Wildman–Crippen MR) is 89.3 cm³/mol. The lowest BCUT2D eigenvalue weighted by molar-refractivity contribution is -0.123. The van der Waals surface area contributed by atoms with Gasteiger partial charge in [-0.2, -0.15) is 4.98 Å². The Morgan fingerprint density at radius 1 is 1.54 bits per heavy atom. The Bertz CT molecular complexity index is 644. The van der Waals surface area contributed by atoms with Gasteiger partial charge in [-0.3, -0.25) is 9.69 Å². The Morgan fingerprint density at radius 2 is 2.46 bits per heavy atom. The molecule has 2 aromatic heterocycles. The van der Waals surface area contributed by atoms with E-state index in [2.05, 4.69) is 20.4 Å². The molecule has 2 aromatic rings. The number of piperidine rings is 1. The van der Waals surface area contributed by atoms with Crippen LogP contribution in [0.1, 0.15) is 41.9 Å².